The molecule has 1 amide bonds. The maximum atomic E-state index is 12.5. The monoisotopic (exact) mass is 496 g/mol. The zero-order valence-electron chi connectivity index (χ0n) is 18.5. The Morgan fingerprint density at radius 3 is 2.65 bits per heavy atom. The number of amidine groups is 1. The van der Waals surface area contributed by atoms with Crippen molar-refractivity contribution in [2.24, 2.45) is 4.99 Å². The van der Waals surface area contributed by atoms with Gasteiger partial charge in [-0.3, -0.25) is 4.79 Å². The van der Waals surface area contributed by atoms with Gasteiger partial charge in [0.15, 0.2) is 15.0 Å². The van der Waals surface area contributed by atoms with Gasteiger partial charge in [-0.05, 0) is 36.2 Å². The molecule has 0 aliphatic carbocycles. The predicted molar refractivity (Wildman–Crippen MR) is 134 cm³/mol. The number of aliphatic imine (C=N–C) groups is 1. The van der Waals surface area contributed by atoms with Gasteiger partial charge in [-0.25, -0.2) is 13.4 Å². The van der Waals surface area contributed by atoms with E-state index in [9.17, 15) is 18.5 Å². The number of methoxy groups -OCH3 is 1. The van der Waals surface area contributed by atoms with Crippen LogP contribution in [-0.4, -0.2) is 55.9 Å². The summed E-state index contributed by atoms with van der Waals surface area (Å²) in [7, 11) is -1.51. The van der Waals surface area contributed by atoms with Crippen molar-refractivity contribution in [3.05, 3.63) is 71.9 Å². The summed E-state index contributed by atoms with van der Waals surface area (Å²) in [6.45, 7) is 0.369. The van der Waals surface area contributed by atoms with Crippen molar-refractivity contribution >= 4 is 38.4 Å². The van der Waals surface area contributed by atoms with Crippen molar-refractivity contribution in [2.75, 3.05) is 30.1 Å². The molecule has 0 saturated carbocycles. The van der Waals surface area contributed by atoms with Crippen molar-refractivity contribution in [2.45, 2.75) is 17.7 Å². The average molecular weight is 497 g/mol. The summed E-state index contributed by atoms with van der Waals surface area (Å²) in [6, 6.07) is 18.7. The van der Waals surface area contributed by atoms with Crippen LogP contribution in [0.2, 0.25) is 0 Å². The Kier molecular flexibility index (Phi) is 7.24. The minimum absolute atomic E-state index is 0.0548. The summed E-state index contributed by atoms with van der Waals surface area (Å²) in [6.07, 6.45) is 1.87. The second-order valence-corrected chi connectivity index (χ2v) is 11.3. The number of ether oxygens (including phenoxy) is 1. The van der Waals surface area contributed by atoms with Crippen LogP contribution < -0.4 is 15.0 Å². The van der Waals surface area contributed by atoms with Crippen LogP contribution in [0.4, 0.5) is 5.69 Å². The maximum Gasteiger partial charge on any atom is 0.263 e. The number of benzene rings is 2. The van der Waals surface area contributed by atoms with E-state index in [-0.39, 0.29) is 28.4 Å². The molecule has 8 nitrogen and oxygen atoms in total. The number of amides is 1. The van der Waals surface area contributed by atoms with E-state index < -0.39 is 15.7 Å². The van der Waals surface area contributed by atoms with Crippen LogP contribution in [0.5, 0.6) is 5.75 Å². The molecule has 0 radical (unpaired) electrons. The Morgan fingerprint density at radius 1 is 1.24 bits per heavy atom. The molecule has 4 rings (SSSR count). The summed E-state index contributed by atoms with van der Waals surface area (Å²) in [5.74, 6) is 0.403. The summed E-state index contributed by atoms with van der Waals surface area (Å²) >= 11 is 1.37. The standard InChI is InChI=1S/C24H24N4O4S2/c1-32-20-9-7-17(8-10-20)11-12-26-23(29)18(13-25)14-27-24-28(19-5-3-2-4-6-19)21-15-34(30,31)16-22(21)33-24/h2-10,14,21-22H,11-12,15-16H2,1H3,(H,26,29)/b18-14+,27-24?/t21-,22-/m0/s1. The SMILES string of the molecule is COc1ccc(CCNC(=O)/C(C#N)=C/N=C2S[C@H]3CS(=O)(=O)C[C@@H]3N2c2ccccc2)cc1. The Morgan fingerprint density at radius 2 is 1.97 bits per heavy atom. The quantitative estimate of drug-likeness (QED) is 0.463. The molecule has 0 spiro atoms. The van der Waals surface area contributed by atoms with Crippen LogP contribution in [0.15, 0.2) is 71.4 Å². The van der Waals surface area contributed by atoms with Crippen LogP contribution >= 0.6 is 11.8 Å². The van der Waals surface area contributed by atoms with Gasteiger partial charge in [0.05, 0.1) is 30.9 Å². The Labute approximate surface area is 203 Å². The van der Waals surface area contributed by atoms with Gasteiger partial charge in [0, 0.05) is 17.5 Å². The van der Waals surface area contributed by atoms with E-state index in [0.29, 0.717) is 18.1 Å². The van der Waals surface area contributed by atoms with Gasteiger partial charge < -0.3 is 15.0 Å². The highest BCUT2D eigenvalue weighted by Crippen LogP contribution is 2.40. The fraction of sp³-hybridized carbons (Fsp3) is 0.292. The summed E-state index contributed by atoms with van der Waals surface area (Å²) in [5.41, 5.74) is 1.75. The number of thioether (sulfide) groups is 1. The van der Waals surface area contributed by atoms with E-state index in [2.05, 4.69) is 10.3 Å². The number of nitrogens with one attached hydrogen (secondary N) is 1. The molecule has 0 bridgehead atoms. The molecule has 2 aromatic rings. The molecule has 10 heteroatoms. The molecule has 2 heterocycles. The fourth-order valence-electron chi connectivity index (χ4n) is 3.93. The lowest BCUT2D eigenvalue weighted by Gasteiger charge is -2.24. The van der Waals surface area contributed by atoms with Gasteiger partial charge in [0.2, 0.25) is 0 Å². The van der Waals surface area contributed by atoms with Gasteiger partial charge in [0.25, 0.3) is 5.91 Å². The molecule has 2 atom stereocenters. The number of hydrogen-bond acceptors (Lipinski definition) is 7. The topological polar surface area (TPSA) is 112 Å². The molecule has 1 N–H and O–H groups in total. The third kappa shape index (κ3) is 5.43. The summed E-state index contributed by atoms with van der Waals surface area (Å²) in [4.78, 5) is 18.8. The maximum absolute atomic E-state index is 12.5. The second kappa shape index (κ2) is 10.3. The lowest BCUT2D eigenvalue weighted by molar-refractivity contribution is -0.117. The van der Waals surface area contributed by atoms with Gasteiger partial charge in [0.1, 0.15) is 17.4 Å². The van der Waals surface area contributed by atoms with E-state index in [4.69, 9.17) is 4.74 Å². The largest absolute Gasteiger partial charge is 0.497 e. The highest BCUT2D eigenvalue weighted by atomic mass is 32.2. The number of sulfone groups is 1. The van der Waals surface area contributed by atoms with E-state index in [1.807, 2.05) is 65.6 Å². The number of fused-ring (bicyclic) bond motifs is 1. The number of para-hydroxylation sites is 1. The van der Waals surface area contributed by atoms with Crippen molar-refractivity contribution in [1.29, 1.82) is 5.26 Å². The first-order valence-electron chi connectivity index (χ1n) is 10.7. The van der Waals surface area contributed by atoms with Crippen molar-refractivity contribution in [3.8, 4) is 11.8 Å². The lowest BCUT2D eigenvalue weighted by atomic mass is 10.1. The molecule has 2 aromatic carbocycles. The highest BCUT2D eigenvalue weighted by Gasteiger charge is 2.49. The first-order valence-corrected chi connectivity index (χ1v) is 13.4. The molecule has 2 fully saturated rings. The Balaban J connectivity index is 1.46. The number of carbonyl (C=O) groups is 1. The minimum Gasteiger partial charge on any atom is -0.497 e. The van der Waals surface area contributed by atoms with Crippen LogP contribution in [0.3, 0.4) is 0 Å². The van der Waals surface area contributed by atoms with Crippen LogP contribution in [0.1, 0.15) is 5.56 Å². The summed E-state index contributed by atoms with van der Waals surface area (Å²) < 4.78 is 29.5. The predicted octanol–water partition coefficient (Wildman–Crippen LogP) is 2.54. The van der Waals surface area contributed by atoms with E-state index in [1.54, 1.807) is 7.11 Å². The van der Waals surface area contributed by atoms with E-state index in [0.717, 1.165) is 17.0 Å². The van der Waals surface area contributed by atoms with Gasteiger partial charge >= 0.3 is 0 Å². The van der Waals surface area contributed by atoms with Crippen LogP contribution in [0, 0.1) is 11.3 Å². The number of carbonyl (C=O) groups excluding carboxylic acids is 1. The number of nitriles is 1. The molecule has 2 aliphatic rings. The van der Waals surface area contributed by atoms with Crippen molar-refractivity contribution < 1.29 is 17.9 Å². The average Bonchev–Trinajstić information content (AvgIpc) is 3.31. The smallest absolute Gasteiger partial charge is 0.263 e. The molecule has 0 unspecified atom stereocenters. The van der Waals surface area contributed by atoms with E-state index in [1.165, 1.54) is 18.0 Å². The van der Waals surface area contributed by atoms with Gasteiger partial charge in [-0.1, -0.05) is 42.1 Å². The number of nitrogens with zero attached hydrogens (tertiary/aromatic N) is 3. The zero-order chi connectivity index (χ0) is 24.1. The lowest BCUT2D eigenvalue weighted by Crippen LogP contribution is -2.37. The number of rotatable bonds is 7. The number of hydrogen-bond donors (Lipinski definition) is 1. The molecule has 176 valence electrons. The molecule has 34 heavy (non-hydrogen) atoms. The normalized spacial score (nSPS) is 22.3. The minimum atomic E-state index is -3.11. The van der Waals surface area contributed by atoms with Crippen LogP contribution in [0.25, 0.3) is 0 Å². The van der Waals surface area contributed by atoms with Crippen molar-refractivity contribution in [3.63, 3.8) is 0 Å². The molecule has 2 aliphatic heterocycles. The third-order valence-corrected chi connectivity index (χ3v) is 8.85. The fourth-order valence-corrected chi connectivity index (χ4v) is 7.82. The third-order valence-electron chi connectivity index (χ3n) is 5.63. The second-order valence-electron chi connectivity index (χ2n) is 7.93. The molecule has 0 aromatic heterocycles. The molecular formula is C24H24N4O4S2. The Hall–Kier alpha value is -3.29. The van der Waals surface area contributed by atoms with Crippen LogP contribution in [-0.2, 0) is 21.1 Å². The zero-order valence-corrected chi connectivity index (χ0v) is 20.2. The summed E-state index contributed by atoms with van der Waals surface area (Å²) in [5, 5.41) is 12.7. The van der Waals surface area contributed by atoms with Crippen molar-refractivity contribution in [1.82, 2.24) is 5.32 Å². The van der Waals surface area contributed by atoms with Gasteiger partial charge in [-0.15, -0.1) is 0 Å². The van der Waals surface area contributed by atoms with Gasteiger partial charge in [-0.2, -0.15) is 5.26 Å². The number of anilines is 1. The molecular weight excluding hydrogens is 472 g/mol. The first kappa shape index (κ1) is 23.9. The molecule has 2 saturated heterocycles. The first-order chi connectivity index (χ1) is 16.4. The van der Waals surface area contributed by atoms with E-state index >= 15 is 0 Å². The highest BCUT2D eigenvalue weighted by molar-refractivity contribution is 8.16. The Bertz CT molecular complexity index is 1250.